The monoisotopic (exact) mass is 334 g/mol. The van der Waals surface area contributed by atoms with E-state index in [-0.39, 0.29) is 0 Å². The molecule has 0 amide bonds. The molecule has 0 unspecified atom stereocenters. The van der Waals surface area contributed by atoms with Gasteiger partial charge < -0.3 is 5.32 Å². The van der Waals surface area contributed by atoms with Gasteiger partial charge in [-0.1, -0.05) is 6.07 Å². The van der Waals surface area contributed by atoms with E-state index in [9.17, 15) is 0 Å². The van der Waals surface area contributed by atoms with Crippen LogP contribution in [0, 0.1) is 0 Å². The minimum atomic E-state index is 0.424. The van der Waals surface area contributed by atoms with Gasteiger partial charge in [-0.05, 0) is 49.2 Å². The summed E-state index contributed by atoms with van der Waals surface area (Å²) in [6.45, 7) is 2.05. The van der Waals surface area contributed by atoms with Crippen molar-refractivity contribution in [2.24, 2.45) is 7.05 Å². The highest BCUT2D eigenvalue weighted by molar-refractivity contribution is 5.52. The maximum Gasteiger partial charge on any atom is 0.131 e. The first kappa shape index (κ1) is 15.8. The van der Waals surface area contributed by atoms with Gasteiger partial charge in [0.05, 0.1) is 6.20 Å². The second-order valence-corrected chi connectivity index (χ2v) is 6.47. The van der Waals surface area contributed by atoms with Gasteiger partial charge in [0.2, 0.25) is 0 Å². The summed E-state index contributed by atoms with van der Waals surface area (Å²) in [5.41, 5.74) is 2.56. The van der Waals surface area contributed by atoms with Crippen LogP contribution in [0.15, 0.2) is 55.1 Å². The summed E-state index contributed by atoms with van der Waals surface area (Å²) in [5, 5.41) is 7.56. The van der Waals surface area contributed by atoms with Crippen LogP contribution in [0.3, 0.4) is 0 Å². The SMILES string of the molecule is Cn1cc(CN2CCC[C@H]2c2ccnc(Nc3ccccn3)c2)cn1. The lowest BCUT2D eigenvalue weighted by atomic mass is 10.1. The minimum Gasteiger partial charge on any atom is -0.325 e. The van der Waals surface area contributed by atoms with E-state index in [1.165, 1.54) is 24.0 Å². The van der Waals surface area contributed by atoms with Crippen molar-refractivity contribution in [2.75, 3.05) is 11.9 Å². The van der Waals surface area contributed by atoms with E-state index in [1.807, 2.05) is 42.3 Å². The standard InChI is InChI=1S/C19H22N6/c1-24-13-15(12-22-24)14-25-10-4-5-17(25)16-7-9-21-19(11-16)23-18-6-2-3-8-20-18/h2-3,6-9,11-13,17H,4-5,10,14H2,1H3,(H,20,21,23)/t17-/m0/s1. The minimum absolute atomic E-state index is 0.424. The number of rotatable bonds is 5. The molecular formula is C19H22N6. The predicted octanol–water partition coefficient (Wildman–Crippen LogP) is 3.29. The molecule has 128 valence electrons. The number of nitrogens with one attached hydrogen (secondary N) is 1. The van der Waals surface area contributed by atoms with E-state index in [0.29, 0.717) is 6.04 Å². The first-order chi connectivity index (χ1) is 12.3. The third-order valence-electron chi connectivity index (χ3n) is 4.60. The number of aryl methyl sites for hydroxylation is 1. The zero-order chi connectivity index (χ0) is 17.1. The van der Waals surface area contributed by atoms with Crippen molar-refractivity contribution < 1.29 is 0 Å². The van der Waals surface area contributed by atoms with Crippen molar-refractivity contribution in [3.8, 4) is 0 Å². The molecule has 6 heteroatoms. The summed E-state index contributed by atoms with van der Waals surface area (Å²) >= 11 is 0. The summed E-state index contributed by atoms with van der Waals surface area (Å²) in [5.74, 6) is 1.65. The van der Waals surface area contributed by atoms with Crippen LogP contribution in [0.25, 0.3) is 0 Å². The largest absolute Gasteiger partial charge is 0.325 e. The molecule has 3 aromatic rings. The van der Waals surface area contributed by atoms with Crippen molar-refractivity contribution in [1.82, 2.24) is 24.6 Å². The molecule has 1 N–H and O–H groups in total. The Bertz CT molecular complexity index is 829. The molecule has 0 aromatic carbocycles. The van der Waals surface area contributed by atoms with Crippen molar-refractivity contribution >= 4 is 11.6 Å². The summed E-state index contributed by atoms with van der Waals surface area (Å²) in [6.07, 6.45) is 10.1. The van der Waals surface area contributed by atoms with E-state index >= 15 is 0 Å². The molecular weight excluding hydrogens is 312 g/mol. The van der Waals surface area contributed by atoms with E-state index < -0.39 is 0 Å². The Kier molecular flexibility index (Phi) is 4.43. The van der Waals surface area contributed by atoms with Crippen molar-refractivity contribution in [3.63, 3.8) is 0 Å². The molecule has 25 heavy (non-hydrogen) atoms. The van der Waals surface area contributed by atoms with E-state index in [4.69, 9.17) is 0 Å². The number of aromatic nitrogens is 4. The summed E-state index contributed by atoms with van der Waals surface area (Å²) in [6, 6.07) is 10.5. The van der Waals surface area contributed by atoms with Gasteiger partial charge in [-0.15, -0.1) is 0 Å². The smallest absolute Gasteiger partial charge is 0.131 e. The quantitative estimate of drug-likeness (QED) is 0.776. The molecule has 3 aromatic heterocycles. The molecule has 1 aliphatic rings. The third kappa shape index (κ3) is 3.69. The molecule has 6 nitrogen and oxygen atoms in total. The molecule has 0 bridgehead atoms. The summed E-state index contributed by atoms with van der Waals surface area (Å²) < 4.78 is 1.86. The van der Waals surface area contributed by atoms with Crippen LogP contribution in [-0.4, -0.2) is 31.2 Å². The Labute approximate surface area is 147 Å². The van der Waals surface area contributed by atoms with Gasteiger partial charge in [-0.3, -0.25) is 9.58 Å². The van der Waals surface area contributed by atoms with Gasteiger partial charge >= 0.3 is 0 Å². The van der Waals surface area contributed by atoms with E-state index in [1.54, 1.807) is 6.20 Å². The number of likely N-dealkylation sites (tertiary alicyclic amines) is 1. The number of hydrogen-bond acceptors (Lipinski definition) is 5. The predicted molar refractivity (Wildman–Crippen MR) is 97.3 cm³/mol. The maximum atomic E-state index is 4.44. The van der Waals surface area contributed by atoms with Crippen LogP contribution in [0.1, 0.15) is 30.0 Å². The van der Waals surface area contributed by atoms with Gasteiger partial charge in [-0.2, -0.15) is 5.10 Å². The highest BCUT2D eigenvalue weighted by atomic mass is 15.2. The van der Waals surface area contributed by atoms with Crippen molar-refractivity contribution in [1.29, 1.82) is 0 Å². The Hall–Kier alpha value is -2.73. The molecule has 4 heterocycles. The number of nitrogens with zero attached hydrogens (tertiary/aromatic N) is 5. The van der Waals surface area contributed by atoms with Crippen molar-refractivity contribution in [2.45, 2.75) is 25.4 Å². The van der Waals surface area contributed by atoms with E-state index in [0.717, 1.165) is 24.7 Å². The lowest BCUT2D eigenvalue weighted by molar-refractivity contribution is 0.248. The normalized spacial score (nSPS) is 17.7. The first-order valence-electron chi connectivity index (χ1n) is 8.63. The number of hydrogen-bond donors (Lipinski definition) is 1. The Morgan fingerprint density at radius 1 is 1.16 bits per heavy atom. The fourth-order valence-electron chi connectivity index (χ4n) is 3.47. The molecule has 1 atom stereocenters. The van der Waals surface area contributed by atoms with Gasteiger partial charge in [0.1, 0.15) is 11.6 Å². The Morgan fingerprint density at radius 3 is 2.88 bits per heavy atom. The molecule has 1 saturated heterocycles. The Morgan fingerprint density at radius 2 is 2.08 bits per heavy atom. The van der Waals surface area contributed by atoms with Crippen LogP contribution in [0.5, 0.6) is 0 Å². The summed E-state index contributed by atoms with van der Waals surface area (Å²) in [7, 11) is 1.96. The topological polar surface area (TPSA) is 58.9 Å². The fraction of sp³-hybridized carbons (Fsp3) is 0.316. The van der Waals surface area contributed by atoms with Gasteiger partial charge in [0.25, 0.3) is 0 Å². The van der Waals surface area contributed by atoms with Crippen molar-refractivity contribution in [3.05, 3.63) is 66.2 Å². The number of anilines is 2. The van der Waals surface area contributed by atoms with E-state index in [2.05, 4.69) is 43.6 Å². The summed E-state index contributed by atoms with van der Waals surface area (Å²) in [4.78, 5) is 11.3. The van der Waals surface area contributed by atoms with Crippen LogP contribution in [0.4, 0.5) is 11.6 Å². The lowest BCUT2D eigenvalue weighted by Crippen LogP contribution is -2.22. The highest BCUT2D eigenvalue weighted by Crippen LogP contribution is 2.33. The highest BCUT2D eigenvalue weighted by Gasteiger charge is 2.26. The molecule has 1 fully saturated rings. The second kappa shape index (κ2) is 7.03. The lowest BCUT2D eigenvalue weighted by Gasteiger charge is -2.24. The van der Waals surface area contributed by atoms with Crippen LogP contribution < -0.4 is 5.32 Å². The second-order valence-electron chi connectivity index (χ2n) is 6.47. The van der Waals surface area contributed by atoms with Gasteiger partial charge in [0, 0.05) is 43.8 Å². The zero-order valence-corrected chi connectivity index (χ0v) is 14.3. The van der Waals surface area contributed by atoms with Gasteiger partial charge in [-0.25, -0.2) is 9.97 Å². The van der Waals surface area contributed by atoms with Crippen LogP contribution >= 0.6 is 0 Å². The van der Waals surface area contributed by atoms with Crippen LogP contribution in [0.2, 0.25) is 0 Å². The zero-order valence-electron chi connectivity index (χ0n) is 14.3. The van der Waals surface area contributed by atoms with Crippen LogP contribution in [-0.2, 0) is 13.6 Å². The molecule has 0 spiro atoms. The molecule has 0 saturated carbocycles. The van der Waals surface area contributed by atoms with Gasteiger partial charge in [0.15, 0.2) is 0 Å². The molecule has 4 rings (SSSR count). The molecule has 0 radical (unpaired) electrons. The first-order valence-corrected chi connectivity index (χ1v) is 8.63. The molecule has 0 aliphatic carbocycles. The average Bonchev–Trinajstić information content (AvgIpc) is 3.25. The maximum absolute atomic E-state index is 4.44. The average molecular weight is 334 g/mol. The number of pyridine rings is 2. The fourth-order valence-corrected chi connectivity index (χ4v) is 3.47. The molecule has 1 aliphatic heterocycles. The Balaban J connectivity index is 1.51. The third-order valence-corrected chi connectivity index (χ3v) is 4.60.